The van der Waals surface area contributed by atoms with Crippen molar-refractivity contribution in [1.82, 2.24) is 16.0 Å². The number of nitrogens with one attached hydrogen (secondary N) is 3. The van der Waals surface area contributed by atoms with Gasteiger partial charge in [0.1, 0.15) is 5.75 Å². The molecule has 1 aliphatic heterocycles. The van der Waals surface area contributed by atoms with Gasteiger partial charge in [0.15, 0.2) is 12.6 Å². The Morgan fingerprint density at radius 2 is 2.03 bits per heavy atom. The van der Waals surface area contributed by atoms with Crippen molar-refractivity contribution in [2.45, 2.75) is 57.6 Å². The Hall–Kier alpha value is -2.32. The van der Waals surface area contributed by atoms with Crippen molar-refractivity contribution in [2.75, 3.05) is 46.1 Å². The van der Waals surface area contributed by atoms with E-state index in [1.165, 1.54) is 5.56 Å². The number of aliphatic imine (C=N–C) groups is 1. The smallest absolute Gasteiger partial charge is 0.258 e. The molecule has 1 saturated carbocycles. The fourth-order valence-corrected chi connectivity index (χ4v) is 3.41. The number of guanidine groups is 1. The van der Waals surface area contributed by atoms with Crippen molar-refractivity contribution in [3.8, 4) is 5.75 Å². The second-order valence-corrected chi connectivity index (χ2v) is 8.28. The number of hydrogen-bond acceptors (Lipinski definition) is 5. The normalized spacial score (nSPS) is 18.4. The van der Waals surface area contributed by atoms with E-state index in [1.807, 2.05) is 24.3 Å². The molecule has 1 unspecified atom stereocenters. The highest BCUT2D eigenvalue weighted by Crippen LogP contribution is 2.18. The molecule has 3 rings (SSSR count). The Balaban J connectivity index is 1.27. The summed E-state index contributed by atoms with van der Waals surface area (Å²) in [5.74, 6) is 1.49. The van der Waals surface area contributed by atoms with E-state index in [2.05, 4.69) is 27.9 Å². The first-order valence-corrected chi connectivity index (χ1v) is 12.0. The van der Waals surface area contributed by atoms with Gasteiger partial charge in [-0.3, -0.25) is 9.79 Å². The van der Waals surface area contributed by atoms with Crippen LogP contribution in [0.5, 0.6) is 5.75 Å². The molecule has 1 atom stereocenters. The highest BCUT2D eigenvalue weighted by Gasteiger charge is 2.23. The van der Waals surface area contributed by atoms with Gasteiger partial charge in [-0.25, -0.2) is 0 Å². The minimum absolute atomic E-state index is 0.0505. The largest absolute Gasteiger partial charge is 0.484 e. The minimum atomic E-state index is -0.0505. The van der Waals surface area contributed by atoms with Crippen molar-refractivity contribution in [3.63, 3.8) is 0 Å². The first-order valence-electron chi connectivity index (χ1n) is 12.0. The van der Waals surface area contributed by atoms with Gasteiger partial charge in [0.2, 0.25) is 0 Å². The number of rotatable bonds is 14. The Morgan fingerprint density at radius 1 is 1.19 bits per heavy atom. The lowest BCUT2D eigenvalue weighted by atomic mass is 10.1. The molecule has 1 saturated heterocycles. The maximum absolute atomic E-state index is 11.7. The molecule has 32 heavy (non-hydrogen) atoms. The predicted octanol–water partition coefficient (Wildman–Crippen LogP) is 2.03. The van der Waals surface area contributed by atoms with Gasteiger partial charge in [-0.2, -0.15) is 0 Å². The van der Waals surface area contributed by atoms with Crippen LogP contribution in [0.1, 0.15) is 44.6 Å². The van der Waals surface area contributed by atoms with Crippen molar-refractivity contribution in [3.05, 3.63) is 29.8 Å². The van der Waals surface area contributed by atoms with E-state index < -0.39 is 0 Å². The SMILES string of the molecule is CCNC(=NCCCOCC1CCCO1)NCCc1ccc(OCC(=O)NC2CC2)cc1. The Labute approximate surface area is 191 Å². The Kier molecular flexibility index (Phi) is 10.6. The lowest BCUT2D eigenvalue weighted by molar-refractivity contribution is -0.123. The molecular weight excluding hydrogens is 408 g/mol. The summed E-state index contributed by atoms with van der Waals surface area (Å²) >= 11 is 0. The number of hydrogen-bond donors (Lipinski definition) is 3. The summed E-state index contributed by atoms with van der Waals surface area (Å²) < 4.78 is 16.8. The zero-order chi connectivity index (χ0) is 22.4. The number of ether oxygens (including phenoxy) is 3. The number of carbonyl (C=O) groups is 1. The fourth-order valence-electron chi connectivity index (χ4n) is 3.41. The quantitative estimate of drug-likeness (QED) is 0.230. The molecule has 1 aliphatic carbocycles. The van der Waals surface area contributed by atoms with E-state index >= 15 is 0 Å². The second-order valence-electron chi connectivity index (χ2n) is 8.28. The van der Waals surface area contributed by atoms with Gasteiger partial charge < -0.3 is 30.2 Å². The van der Waals surface area contributed by atoms with Crippen LogP contribution in [0.2, 0.25) is 0 Å². The topological polar surface area (TPSA) is 93.2 Å². The van der Waals surface area contributed by atoms with Crippen LogP contribution in [0, 0.1) is 0 Å². The molecule has 8 nitrogen and oxygen atoms in total. The lowest BCUT2D eigenvalue weighted by Crippen LogP contribution is -2.38. The molecule has 178 valence electrons. The molecule has 0 bridgehead atoms. The van der Waals surface area contributed by atoms with Gasteiger partial charge in [-0.05, 0) is 63.1 Å². The maximum atomic E-state index is 11.7. The van der Waals surface area contributed by atoms with Crippen molar-refractivity contribution in [2.24, 2.45) is 4.99 Å². The summed E-state index contributed by atoms with van der Waals surface area (Å²) in [5.41, 5.74) is 1.20. The number of benzene rings is 1. The number of carbonyl (C=O) groups excluding carboxylic acids is 1. The molecule has 1 amide bonds. The van der Waals surface area contributed by atoms with Crippen LogP contribution in [0.25, 0.3) is 0 Å². The molecule has 0 radical (unpaired) electrons. The van der Waals surface area contributed by atoms with Crippen LogP contribution in [-0.4, -0.2) is 70.1 Å². The second kappa shape index (κ2) is 14.0. The third kappa shape index (κ3) is 9.87. The van der Waals surface area contributed by atoms with Crippen molar-refractivity contribution < 1.29 is 19.0 Å². The Morgan fingerprint density at radius 3 is 2.75 bits per heavy atom. The summed E-state index contributed by atoms with van der Waals surface area (Å²) in [5, 5.41) is 9.58. The predicted molar refractivity (Wildman–Crippen MR) is 125 cm³/mol. The molecule has 3 N–H and O–H groups in total. The standard InChI is InChI=1S/C24H38N4O4/c1-2-25-24(26-13-4-15-30-17-22-5-3-16-31-22)27-14-12-19-6-10-21(11-7-19)32-18-23(29)28-20-8-9-20/h6-7,10-11,20,22H,2-5,8-9,12-18H2,1H3,(H,28,29)(H2,25,26,27). The summed E-state index contributed by atoms with van der Waals surface area (Å²) in [6, 6.07) is 8.25. The van der Waals surface area contributed by atoms with Gasteiger partial charge in [0.25, 0.3) is 5.91 Å². The average Bonchev–Trinajstić information content (AvgIpc) is 3.45. The van der Waals surface area contributed by atoms with Crippen LogP contribution < -0.4 is 20.7 Å². The van der Waals surface area contributed by atoms with Crippen LogP contribution >= 0.6 is 0 Å². The molecule has 1 heterocycles. The molecule has 0 aromatic heterocycles. The van der Waals surface area contributed by atoms with E-state index in [0.717, 1.165) is 70.7 Å². The van der Waals surface area contributed by atoms with Crippen LogP contribution in [0.3, 0.4) is 0 Å². The van der Waals surface area contributed by atoms with E-state index in [-0.39, 0.29) is 18.6 Å². The third-order valence-electron chi connectivity index (χ3n) is 5.33. The molecule has 0 spiro atoms. The number of nitrogens with zero attached hydrogens (tertiary/aromatic N) is 1. The fraction of sp³-hybridized carbons (Fsp3) is 0.667. The molecule has 2 fully saturated rings. The third-order valence-corrected chi connectivity index (χ3v) is 5.33. The first-order chi connectivity index (χ1) is 15.7. The van der Waals surface area contributed by atoms with Gasteiger partial charge >= 0.3 is 0 Å². The van der Waals surface area contributed by atoms with E-state index in [9.17, 15) is 4.79 Å². The molecule has 1 aromatic rings. The van der Waals surface area contributed by atoms with Crippen LogP contribution in [-0.2, 0) is 20.7 Å². The van der Waals surface area contributed by atoms with Crippen molar-refractivity contribution in [1.29, 1.82) is 0 Å². The Bertz CT molecular complexity index is 700. The minimum Gasteiger partial charge on any atom is -0.484 e. The van der Waals surface area contributed by atoms with Crippen LogP contribution in [0.4, 0.5) is 0 Å². The summed E-state index contributed by atoms with van der Waals surface area (Å²) in [7, 11) is 0. The summed E-state index contributed by atoms with van der Waals surface area (Å²) in [6.45, 7) is 6.73. The zero-order valence-corrected chi connectivity index (χ0v) is 19.2. The highest BCUT2D eigenvalue weighted by atomic mass is 16.5. The first kappa shape index (κ1) is 24.3. The molecular formula is C24H38N4O4. The van der Waals surface area contributed by atoms with Gasteiger partial charge in [0, 0.05) is 38.9 Å². The molecule has 2 aliphatic rings. The van der Waals surface area contributed by atoms with Gasteiger partial charge in [-0.15, -0.1) is 0 Å². The summed E-state index contributed by atoms with van der Waals surface area (Å²) in [4.78, 5) is 16.3. The van der Waals surface area contributed by atoms with Gasteiger partial charge in [0.05, 0.1) is 12.7 Å². The van der Waals surface area contributed by atoms with E-state index in [1.54, 1.807) is 0 Å². The average molecular weight is 447 g/mol. The zero-order valence-electron chi connectivity index (χ0n) is 19.2. The maximum Gasteiger partial charge on any atom is 0.258 e. The van der Waals surface area contributed by atoms with Crippen LogP contribution in [0.15, 0.2) is 29.3 Å². The highest BCUT2D eigenvalue weighted by molar-refractivity contribution is 5.79. The monoisotopic (exact) mass is 446 g/mol. The molecule has 1 aromatic carbocycles. The summed E-state index contributed by atoms with van der Waals surface area (Å²) in [6.07, 6.45) is 6.47. The lowest BCUT2D eigenvalue weighted by Gasteiger charge is -2.12. The van der Waals surface area contributed by atoms with Crippen molar-refractivity contribution >= 4 is 11.9 Å². The van der Waals surface area contributed by atoms with E-state index in [0.29, 0.717) is 25.0 Å². The number of amides is 1. The van der Waals surface area contributed by atoms with E-state index in [4.69, 9.17) is 14.2 Å². The van der Waals surface area contributed by atoms with Gasteiger partial charge in [-0.1, -0.05) is 12.1 Å². The molecule has 8 heteroatoms.